The third-order valence-corrected chi connectivity index (χ3v) is 1.91. The summed E-state index contributed by atoms with van der Waals surface area (Å²) in [6.07, 6.45) is 0. The van der Waals surface area contributed by atoms with Crippen LogP contribution in [0.4, 0.5) is 0 Å². The highest BCUT2D eigenvalue weighted by Crippen LogP contribution is 2.43. The van der Waals surface area contributed by atoms with Crippen LogP contribution >= 0.6 is 11.6 Å². The molecule has 0 aromatic heterocycles. The predicted octanol–water partition coefficient (Wildman–Crippen LogP) is 1.46. The highest BCUT2D eigenvalue weighted by molar-refractivity contribution is 6.32. The summed E-state index contributed by atoms with van der Waals surface area (Å²) in [4.78, 5) is 10.6. The number of hydrogen-bond acceptors (Lipinski definition) is 4. The van der Waals surface area contributed by atoms with E-state index in [0.29, 0.717) is 0 Å². The topological polar surface area (TPSA) is 87.0 Å². The van der Waals surface area contributed by atoms with E-state index >= 15 is 0 Å². The van der Waals surface area contributed by atoms with E-state index in [1.165, 1.54) is 7.11 Å². The molecule has 0 radical (unpaired) electrons. The lowest BCUT2D eigenvalue weighted by molar-refractivity contribution is 0.0693. The lowest BCUT2D eigenvalue weighted by atomic mass is 10.1. The van der Waals surface area contributed by atoms with Gasteiger partial charge in [-0.1, -0.05) is 11.6 Å². The molecule has 3 N–H and O–H groups in total. The van der Waals surface area contributed by atoms with Crippen LogP contribution in [-0.2, 0) is 0 Å². The lowest BCUT2D eigenvalue weighted by Crippen LogP contribution is -1.98. The van der Waals surface area contributed by atoms with Crippen molar-refractivity contribution in [2.24, 2.45) is 0 Å². The summed E-state index contributed by atoms with van der Waals surface area (Å²) in [7, 11) is 1.18. The molecule has 1 aromatic rings. The second-order valence-electron chi connectivity index (χ2n) is 2.44. The zero-order valence-corrected chi connectivity index (χ0v) is 7.87. The van der Waals surface area contributed by atoms with Gasteiger partial charge in [-0.05, 0) is 6.07 Å². The van der Waals surface area contributed by atoms with Crippen LogP contribution in [0.25, 0.3) is 0 Å². The van der Waals surface area contributed by atoms with Gasteiger partial charge in [-0.2, -0.15) is 0 Å². The van der Waals surface area contributed by atoms with E-state index in [1.807, 2.05) is 0 Å². The first kappa shape index (κ1) is 10.5. The molecule has 1 rings (SSSR count). The van der Waals surface area contributed by atoms with Crippen LogP contribution in [0.15, 0.2) is 6.07 Å². The fourth-order valence-corrected chi connectivity index (χ4v) is 1.16. The second kappa shape index (κ2) is 3.63. The van der Waals surface area contributed by atoms with Crippen LogP contribution < -0.4 is 4.74 Å². The van der Waals surface area contributed by atoms with Gasteiger partial charge in [0.1, 0.15) is 5.56 Å². The van der Waals surface area contributed by atoms with E-state index in [1.54, 1.807) is 0 Å². The van der Waals surface area contributed by atoms with Gasteiger partial charge in [0.05, 0.1) is 12.1 Å². The first-order valence-electron chi connectivity index (χ1n) is 3.50. The number of ether oxygens (including phenoxy) is 1. The molecule has 0 saturated heterocycles. The van der Waals surface area contributed by atoms with E-state index in [-0.39, 0.29) is 10.8 Å². The van der Waals surface area contributed by atoms with Crippen molar-refractivity contribution in [2.75, 3.05) is 7.11 Å². The monoisotopic (exact) mass is 218 g/mol. The Morgan fingerprint density at radius 2 is 2.00 bits per heavy atom. The van der Waals surface area contributed by atoms with E-state index in [9.17, 15) is 15.0 Å². The van der Waals surface area contributed by atoms with Gasteiger partial charge in [0, 0.05) is 0 Å². The Balaban J connectivity index is 3.50. The molecule has 0 aliphatic heterocycles. The average Bonchev–Trinajstić information content (AvgIpc) is 2.12. The minimum absolute atomic E-state index is 0.197. The number of aromatic hydroxyl groups is 2. The number of phenolic OH excluding ortho intramolecular Hbond substituents is 1. The molecule has 0 fully saturated rings. The molecule has 0 atom stereocenters. The van der Waals surface area contributed by atoms with Gasteiger partial charge in [-0.15, -0.1) is 0 Å². The maximum atomic E-state index is 10.6. The average molecular weight is 219 g/mol. The predicted molar refractivity (Wildman–Crippen MR) is 48.3 cm³/mol. The molecular formula is C8H7ClO5. The highest BCUT2D eigenvalue weighted by Gasteiger charge is 2.20. The Kier molecular flexibility index (Phi) is 2.71. The number of carboxylic acid groups (broad SMARTS) is 1. The molecular weight excluding hydrogens is 212 g/mol. The normalized spacial score (nSPS) is 9.86. The molecule has 0 spiro atoms. The van der Waals surface area contributed by atoms with Crippen LogP contribution in [0.3, 0.4) is 0 Å². The number of carboxylic acids is 1. The standard InChI is InChI=1S/C8H7ClO5/c1-14-7-5(10)3(8(12)13)2-4(9)6(7)11/h2,10-11H,1H3,(H,12,13). The molecule has 1 aromatic carbocycles. The van der Waals surface area contributed by atoms with Crippen molar-refractivity contribution >= 4 is 17.6 Å². The van der Waals surface area contributed by atoms with Crippen molar-refractivity contribution in [3.8, 4) is 17.2 Å². The zero-order valence-electron chi connectivity index (χ0n) is 7.11. The van der Waals surface area contributed by atoms with E-state index in [0.717, 1.165) is 6.07 Å². The second-order valence-corrected chi connectivity index (χ2v) is 2.85. The number of carbonyl (C=O) groups is 1. The van der Waals surface area contributed by atoms with E-state index in [2.05, 4.69) is 4.74 Å². The molecule has 0 unspecified atom stereocenters. The molecule has 0 saturated carbocycles. The third-order valence-electron chi connectivity index (χ3n) is 1.62. The summed E-state index contributed by atoms with van der Waals surface area (Å²) < 4.78 is 4.60. The fourth-order valence-electron chi connectivity index (χ4n) is 0.963. The van der Waals surface area contributed by atoms with Crippen molar-refractivity contribution in [2.45, 2.75) is 0 Å². The van der Waals surface area contributed by atoms with Crippen LogP contribution in [0.5, 0.6) is 17.2 Å². The Morgan fingerprint density at radius 3 is 2.43 bits per heavy atom. The lowest BCUT2D eigenvalue weighted by Gasteiger charge is -2.09. The Hall–Kier alpha value is -1.62. The van der Waals surface area contributed by atoms with E-state index < -0.39 is 23.0 Å². The molecule has 0 bridgehead atoms. The SMILES string of the molecule is COc1c(O)c(Cl)cc(C(=O)O)c1O. The van der Waals surface area contributed by atoms with Crippen LogP contribution in [0.2, 0.25) is 5.02 Å². The molecule has 0 aliphatic carbocycles. The van der Waals surface area contributed by atoms with E-state index in [4.69, 9.17) is 16.7 Å². The number of benzene rings is 1. The van der Waals surface area contributed by atoms with Crippen molar-refractivity contribution in [1.82, 2.24) is 0 Å². The summed E-state index contributed by atoms with van der Waals surface area (Å²) in [6.45, 7) is 0. The molecule has 76 valence electrons. The van der Waals surface area contributed by atoms with Gasteiger partial charge in [0.15, 0.2) is 11.5 Å². The van der Waals surface area contributed by atoms with Gasteiger partial charge in [0.2, 0.25) is 5.75 Å². The maximum Gasteiger partial charge on any atom is 0.339 e. The van der Waals surface area contributed by atoms with Gasteiger partial charge >= 0.3 is 5.97 Å². The number of halogens is 1. The number of rotatable bonds is 2. The first-order chi connectivity index (χ1) is 6.49. The van der Waals surface area contributed by atoms with Gasteiger partial charge in [-0.3, -0.25) is 0 Å². The number of phenols is 2. The fraction of sp³-hybridized carbons (Fsp3) is 0.125. The minimum Gasteiger partial charge on any atom is -0.504 e. The number of aromatic carboxylic acids is 1. The number of methoxy groups -OCH3 is 1. The third kappa shape index (κ3) is 1.54. The molecule has 6 heteroatoms. The Morgan fingerprint density at radius 1 is 1.43 bits per heavy atom. The molecule has 14 heavy (non-hydrogen) atoms. The van der Waals surface area contributed by atoms with Gasteiger partial charge < -0.3 is 20.1 Å². The minimum atomic E-state index is -1.36. The van der Waals surface area contributed by atoms with Crippen LogP contribution in [-0.4, -0.2) is 28.4 Å². The summed E-state index contributed by atoms with van der Waals surface area (Å²) in [5.41, 5.74) is -0.426. The van der Waals surface area contributed by atoms with Crippen LogP contribution in [0.1, 0.15) is 10.4 Å². The van der Waals surface area contributed by atoms with Crippen molar-refractivity contribution in [3.63, 3.8) is 0 Å². The molecule has 0 heterocycles. The number of hydrogen-bond donors (Lipinski definition) is 3. The summed E-state index contributed by atoms with van der Waals surface area (Å²) in [6, 6.07) is 0.942. The van der Waals surface area contributed by atoms with Gasteiger partial charge in [-0.25, -0.2) is 4.79 Å². The molecule has 5 nitrogen and oxygen atoms in total. The van der Waals surface area contributed by atoms with Crippen molar-refractivity contribution < 1.29 is 24.9 Å². The maximum absolute atomic E-state index is 10.6. The molecule has 0 amide bonds. The summed E-state index contributed by atoms with van der Waals surface area (Å²) in [5.74, 6) is -2.85. The molecule has 0 aliphatic rings. The highest BCUT2D eigenvalue weighted by atomic mass is 35.5. The first-order valence-corrected chi connectivity index (χ1v) is 3.88. The van der Waals surface area contributed by atoms with Crippen molar-refractivity contribution in [1.29, 1.82) is 0 Å². The summed E-state index contributed by atoms with van der Waals surface area (Å²) >= 11 is 5.51. The van der Waals surface area contributed by atoms with Gasteiger partial charge in [0.25, 0.3) is 0 Å². The van der Waals surface area contributed by atoms with Crippen molar-refractivity contribution in [3.05, 3.63) is 16.7 Å². The largest absolute Gasteiger partial charge is 0.504 e. The summed E-state index contributed by atoms with van der Waals surface area (Å²) in [5, 5.41) is 27.1. The smallest absolute Gasteiger partial charge is 0.339 e. The zero-order chi connectivity index (χ0) is 10.9. The Bertz CT molecular complexity index is 388. The Labute approximate surface area is 84.1 Å². The van der Waals surface area contributed by atoms with Crippen LogP contribution in [0, 0.1) is 0 Å². The quantitative estimate of drug-likeness (QED) is 0.700.